The summed E-state index contributed by atoms with van der Waals surface area (Å²) in [6.07, 6.45) is 0.405. The van der Waals surface area contributed by atoms with Crippen molar-refractivity contribution in [2.24, 2.45) is 11.5 Å². The molecule has 0 bridgehead atoms. The molecule has 1 unspecified atom stereocenters. The molecule has 0 aromatic rings. The highest BCUT2D eigenvalue weighted by atomic mass is 16.1. The zero-order chi connectivity index (χ0) is 6.57. The Balaban J connectivity index is 3.32. The largest absolute Gasteiger partial charge is 0.330 e. The van der Waals surface area contributed by atoms with Gasteiger partial charge in [0.05, 0.1) is 6.04 Å². The fourth-order valence-corrected chi connectivity index (χ4v) is 0.311. The third-order valence-corrected chi connectivity index (χ3v) is 0.814. The van der Waals surface area contributed by atoms with Crippen LogP contribution in [0.2, 0.25) is 0 Å². The van der Waals surface area contributed by atoms with Gasteiger partial charge >= 0.3 is 0 Å². The van der Waals surface area contributed by atoms with Crippen molar-refractivity contribution in [3.8, 4) is 0 Å². The van der Waals surface area contributed by atoms with Crippen LogP contribution in [0.15, 0.2) is 0 Å². The Hall–Kier alpha value is -0.610. The van der Waals surface area contributed by atoms with Crippen molar-refractivity contribution in [3.63, 3.8) is 0 Å². The van der Waals surface area contributed by atoms with E-state index in [2.05, 4.69) is 0 Å². The van der Waals surface area contributed by atoms with Crippen LogP contribution < -0.4 is 17.2 Å². The minimum absolute atomic E-state index is 0.367. The summed E-state index contributed by atoms with van der Waals surface area (Å²) in [5.74, 6) is -0.740. The first kappa shape index (κ1) is 7.39. The van der Waals surface area contributed by atoms with E-state index in [0.29, 0.717) is 13.0 Å². The molecule has 0 spiro atoms. The van der Waals surface area contributed by atoms with Gasteiger partial charge in [0.1, 0.15) is 0 Å². The summed E-state index contributed by atoms with van der Waals surface area (Å²) in [5.41, 5.74) is 16.6. The Bertz CT molecular complexity index is 83.4. The van der Waals surface area contributed by atoms with Gasteiger partial charge in [0, 0.05) is 0 Å². The van der Waals surface area contributed by atoms with Crippen LogP contribution in [0.5, 0.6) is 0 Å². The monoisotopic (exact) mass is 116 g/mol. The van der Waals surface area contributed by atoms with Crippen molar-refractivity contribution in [1.29, 1.82) is 0 Å². The number of hydrogen-bond donors (Lipinski definition) is 2. The summed E-state index contributed by atoms with van der Waals surface area (Å²) in [4.78, 5) is 10.0. The van der Waals surface area contributed by atoms with Crippen molar-refractivity contribution in [1.82, 2.24) is 5.73 Å². The Kier molecular flexibility index (Phi) is 3.14. The van der Waals surface area contributed by atoms with E-state index in [1.165, 1.54) is 0 Å². The van der Waals surface area contributed by atoms with E-state index >= 15 is 0 Å². The molecular formula is C4H10N3O. The zero-order valence-electron chi connectivity index (χ0n) is 4.55. The van der Waals surface area contributed by atoms with Gasteiger partial charge in [0.15, 0.2) is 0 Å². The molecule has 0 aromatic heterocycles. The summed E-state index contributed by atoms with van der Waals surface area (Å²) < 4.78 is 0. The lowest BCUT2D eigenvalue weighted by atomic mass is 10.2. The maximum absolute atomic E-state index is 10.0. The van der Waals surface area contributed by atoms with Crippen molar-refractivity contribution in [3.05, 3.63) is 0 Å². The van der Waals surface area contributed by atoms with Crippen LogP contribution in [0, 0.1) is 0 Å². The number of carbonyl (C=O) groups is 1. The van der Waals surface area contributed by atoms with Gasteiger partial charge in [-0.2, -0.15) is 0 Å². The topological polar surface area (TPSA) is 92.9 Å². The SMILES string of the molecule is [NH]C(=O)C(N)CCN. The summed E-state index contributed by atoms with van der Waals surface area (Å²) in [6, 6.07) is -0.681. The Morgan fingerprint density at radius 3 is 2.38 bits per heavy atom. The van der Waals surface area contributed by atoms with Gasteiger partial charge in [-0.05, 0) is 13.0 Å². The third kappa shape index (κ3) is 2.54. The van der Waals surface area contributed by atoms with Crippen molar-refractivity contribution < 1.29 is 4.79 Å². The summed E-state index contributed by atoms with van der Waals surface area (Å²) in [6.45, 7) is 0.367. The molecule has 0 saturated heterocycles. The molecule has 0 aromatic carbocycles. The standard InChI is InChI=1S/C4H10N3O/c5-2-1-3(6)4(7)8/h3,7H,1-2,5-6H2. The van der Waals surface area contributed by atoms with E-state index in [0.717, 1.165) is 0 Å². The lowest BCUT2D eigenvalue weighted by molar-refractivity contribution is -0.119. The molecule has 0 aliphatic carbocycles. The maximum Gasteiger partial charge on any atom is 0.255 e. The minimum Gasteiger partial charge on any atom is -0.330 e. The van der Waals surface area contributed by atoms with Crippen LogP contribution >= 0.6 is 0 Å². The van der Waals surface area contributed by atoms with Crippen LogP contribution in [-0.4, -0.2) is 18.5 Å². The predicted molar refractivity (Wildman–Crippen MR) is 29.8 cm³/mol. The molecule has 5 N–H and O–H groups in total. The van der Waals surface area contributed by atoms with E-state index < -0.39 is 11.9 Å². The van der Waals surface area contributed by atoms with Crippen LogP contribution in [0.25, 0.3) is 0 Å². The predicted octanol–water partition coefficient (Wildman–Crippen LogP) is -1.53. The number of rotatable bonds is 3. The first-order chi connectivity index (χ1) is 3.68. The van der Waals surface area contributed by atoms with Gasteiger partial charge in [-0.3, -0.25) is 10.5 Å². The molecule has 0 rings (SSSR count). The molecule has 1 amide bonds. The van der Waals surface area contributed by atoms with Gasteiger partial charge in [0.2, 0.25) is 0 Å². The van der Waals surface area contributed by atoms with Gasteiger partial charge in [-0.25, -0.2) is 0 Å². The van der Waals surface area contributed by atoms with Crippen molar-refractivity contribution >= 4 is 5.91 Å². The fraction of sp³-hybridized carbons (Fsp3) is 0.750. The second kappa shape index (κ2) is 3.40. The Morgan fingerprint density at radius 1 is 1.75 bits per heavy atom. The van der Waals surface area contributed by atoms with E-state index in [9.17, 15) is 4.79 Å². The van der Waals surface area contributed by atoms with E-state index in [1.807, 2.05) is 0 Å². The van der Waals surface area contributed by atoms with Gasteiger partial charge in [-0.1, -0.05) is 0 Å². The number of nitrogens with one attached hydrogen (secondary N) is 1. The highest BCUT2D eigenvalue weighted by Crippen LogP contribution is 1.81. The van der Waals surface area contributed by atoms with Crippen LogP contribution in [-0.2, 0) is 4.79 Å². The lowest BCUT2D eigenvalue weighted by Crippen LogP contribution is -2.33. The zero-order valence-corrected chi connectivity index (χ0v) is 4.55. The van der Waals surface area contributed by atoms with Gasteiger partial charge in [-0.15, -0.1) is 0 Å². The number of hydrogen-bond acceptors (Lipinski definition) is 3. The summed E-state index contributed by atoms with van der Waals surface area (Å²) >= 11 is 0. The molecule has 0 fully saturated rings. The average molecular weight is 116 g/mol. The Labute approximate surface area is 48.0 Å². The second-order valence-corrected chi connectivity index (χ2v) is 1.55. The molecule has 4 nitrogen and oxygen atoms in total. The molecule has 0 saturated carbocycles. The Morgan fingerprint density at radius 2 is 2.25 bits per heavy atom. The normalized spacial score (nSPS) is 13.2. The molecule has 1 atom stereocenters. The molecule has 0 aliphatic heterocycles. The van der Waals surface area contributed by atoms with Gasteiger partial charge < -0.3 is 11.5 Å². The molecular weight excluding hydrogens is 106 g/mol. The smallest absolute Gasteiger partial charge is 0.255 e. The van der Waals surface area contributed by atoms with Crippen molar-refractivity contribution in [2.45, 2.75) is 12.5 Å². The van der Waals surface area contributed by atoms with E-state index in [4.69, 9.17) is 17.2 Å². The highest BCUT2D eigenvalue weighted by Gasteiger charge is 2.06. The molecule has 4 heteroatoms. The van der Waals surface area contributed by atoms with E-state index in [-0.39, 0.29) is 0 Å². The summed E-state index contributed by atoms with van der Waals surface area (Å²) in [7, 11) is 0. The van der Waals surface area contributed by atoms with Crippen LogP contribution in [0.3, 0.4) is 0 Å². The quantitative estimate of drug-likeness (QED) is 0.468. The van der Waals surface area contributed by atoms with Crippen LogP contribution in [0.1, 0.15) is 6.42 Å². The first-order valence-electron chi connectivity index (χ1n) is 2.39. The number of carbonyl (C=O) groups excluding carboxylic acids is 1. The molecule has 0 heterocycles. The summed E-state index contributed by atoms with van der Waals surface area (Å²) in [5, 5.41) is 0. The maximum atomic E-state index is 10.0. The van der Waals surface area contributed by atoms with Crippen LogP contribution in [0.4, 0.5) is 0 Å². The lowest BCUT2D eigenvalue weighted by Gasteiger charge is -2.00. The fourth-order valence-electron chi connectivity index (χ4n) is 0.311. The number of amides is 1. The molecule has 47 valence electrons. The average Bonchev–Trinajstić information content (AvgIpc) is 1.67. The number of nitrogens with two attached hydrogens (primary N) is 2. The second-order valence-electron chi connectivity index (χ2n) is 1.55. The van der Waals surface area contributed by atoms with Gasteiger partial charge in [0.25, 0.3) is 5.91 Å². The van der Waals surface area contributed by atoms with E-state index in [1.54, 1.807) is 0 Å². The minimum atomic E-state index is -0.740. The molecule has 8 heavy (non-hydrogen) atoms. The first-order valence-corrected chi connectivity index (χ1v) is 2.39. The highest BCUT2D eigenvalue weighted by molar-refractivity contribution is 5.78. The third-order valence-electron chi connectivity index (χ3n) is 0.814. The molecule has 1 radical (unpaired) electrons. The van der Waals surface area contributed by atoms with Crippen molar-refractivity contribution in [2.75, 3.05) is 6.54 Å². The molecule has 0 aliphatic rings.